The molecule has 1 amide bonds. The lowest BCUT2D eigenvalue weighted by Gasteiger charge is -2.15. The lowest BCUT2D eigenvalue weighted by atomic mass is 10.1. The van der Waals surface area contributed by atoms with Crippen LogP contribution in [0.4, 0.5) is 4.79 Å². The van der Waals surface area contributed by atoms with Crippen LogP contribution in [-0.4, -0.2) is 23.2 Å². The number of benzene rings is 1. The molecule has 0 saturated heterocycles. The number of hydrogen-bond acceptors (Lipinski definition) is 3. The molecule has 1 rings (SSSR count). The average Bonchev–Trinajstić information content (AvgIpc) is 2.44. The van der Waals surface area contributed by atoms with Crippen LogP contribution in [0, 0.1) is 12.3 Å². The van der Waals surface area contributed by atoms with E-state index in [1.807, 2.05) is 30.3 Å². The van der Waals surface area contributed by atoms with Gasteiger partial charge in [0, 0.05) is 18.9 Å². The van der Waals surface area contributed by atoms with E-state index in [-0.39, 0.29) is 31.9 Å². The Morgan fingerprint density at radius 1 is 1.35 bits per heavy atom. The summed E-state index contributed by atoms with van der Waals surface area (Å²) in [6.07, 6.45) is 5.09. The molecular weight excluding hydrogens is 258 g/mol. The average molecular weight is 275 g/mol. The van der Waals surface area contributed by atoms with E-state index < -0.39 is 12.1 Å². The summed E-state index contributed by atoms with van der Waals surface area (Å²) in [6, 6.07) is 8.88. The van der Waals surface area contributed by atoms with Gasteiger partial charge in [0.25, 0.3) is 0 Å². The Hall–Kier alpha value is -2.48. The molecule has 0 fully saturated rings. The van der Waals surface area contributed by atoms with E-state index in [0.717, 1.165) is 5.56 Å². The first kappa shape index (κ1) is 15.6. The molecule has 0 aliphatic heterocycles. The molecule has 0 unspecified atom stereocenters. The number of terminal acetylenes is 1. The van der Waals surface area contributed by atoms with Crippen molar-refractivity contribution < 1.29 is 19.4 Å². The van der Waals surface area contributed by atoms with Crippen LogP contribution in [-0.2, 0) is 16.1 Å². The van der Waals surface area contributed by atoms with Gasteiger partial charge in [0.05, 0.1) is 0 Å². The Morgan fingerprint density at radius 2 is 2.05 bits per heavy atom. The highest BCUT2D eigenvalue weighted by Gasteiger charge is 2.13. The topological polar surface area (TPSA) is 75.6 Å². The number of amides is 1. The fourth-order valence-electron chi connectivity index (χ4n) is 1.60. The van der Waals surface area contributed by atoms with Gasteiger partial charge in [0.1, 0.15) is 6.61 Å². The van der Waals surface area contributed by atoms with Gasteiger partial charge in [-0.2, -0.15) is 0 Å². The largest absolute Gasteiger partial charge is 0.481 e. The fraction of sp³-hybridized carbons (Fsp3) is 0.333. The third-order valence-electron chi connectivity index (χ3n) is 2.61. The van der Waals surface area contributed by atoms with Gasteiger partial charge in [-0.05, 0) is 12.0 Å². The lowest BCUT2D eigenvalue weighted by Crippen LogP contribution is -2.35. The summed E-state index contributed by atoms with van der Waals surface area (Å²) in [6.45, 7) is 0.161. The minimum atomic E-state index is -0.925. The second-order valence-electron chi connectivity index (χ2n) is 4.24. The van der Waals surface area contributed by atoms with Crippen LogP contribution in [0.3, 0.4) is 0 Å². The molecule has 0 spiro atoms. The quantitative estimate of drug-likeness (QED) is 0.748. The van der Waals surface area contributed by atoms with Crippen molar-refractivity contribution in [2.75, 3.05) is 0 Å². The fourth-order valence-corrected chi connectivity index (χ4v) is 1.60. The molecule has 2 N–H and O–H groups in total. The predicted octanol–water partition coefficient (Wildman–Crippen LogP) is 2.17. The van der Waals surface area contributed by atoms with Crippen molar-refractivity contribution in [3.8, 4) is 12.3 Å². The maximum atomic E-state index is 11.6. The number of carbonyl (C=O) groups excluding carboxylic acids is 1. The summed E-state index contributed by atoms with van der Waals surface area (Å²) in [5.74, 6) is 1.48. The maximum Gasteiger partial charge on any atom is 0.407 e. The van der Waals surface area contributed by atoms with Crippen molar-refractivity contribution in [3.05, 3.63) is 35.9 Å². The highest BCUT2D eigenvalue weighted by molar-refractivity contribution is 5.68. The van der Waals surface area contributed by atoms with E-state index in [4.69, 9.17) is 16.3 Å². The third kappa shape index (κ3) is 6.45. The van der Waals surface area contributed by atoms with E-state index in [2.05, 4.69) is 11.2 Å². The lowest BCUT2D eigenvalue weighted by molar-refractivity contribution is -0.137. The zero-order valence-corrected chi connectivity index (χ0v) is 11.0. The molecule has 0 saturated carbocycles. The number of carboxylic acids is 1. The van der Waals surface area contributed by atoms with Crippen molar-refractivity contribution in [2.45, 2.75) is 31.9 Å². The standard InChI is InChI=1S/C15H17NO4/c1-2-6-13(9-10-14(17)18)16-15(19)20-11-12-7-4-3-5-8-12/h1,3-5,7-8,13H,6,9-11H2,(H,16,19)(H,17,18)/t13-/m1/s1. The number of rotatable bonds is 7. The van der Waals surface area contributed by atoms with Crippen LogP contribution in [0.2, 0.25) is 0 Å². The zero-order valence-electron chi connectivity index (χ0n) is 11.0. The van der Waals surface area contributed by atoms with Gasteiger partial charge in [-0.1, -0.05) is 30.3 Å². The molecule has 0 bridgehead atoms. The Balaban J connectivity index is 2.37. The number of hydrogen-bond donors (Lipinski definition) is 2. The van der Waals surface area contributed by atoms with Crippen LogP contribution >= 0.6 is 0 Å². The highest BCUT2D eigenvalue weighted by atomic mass is 16.5. The van der Waals surface area contributed by atoms with Gasteiger partial charge in [0.15, 0.2) is 0 Å². The Morgan fingerprint density at radius 3 is 2.65 bits per heavy atom. The molecular formula is C15H17NO4. The van der Waals surface area contributed by atoms with Crippen LogP contribution < -0.4 is 5.32 Å². The first-order chi connectivity index (χ1) is 9.61. The molecule has 1 aromatic rings. The zero-order chi connectivity index (χ0) is 14.8. The van der Waals surface area contributed by atoms with E-state index in [9.17, 15) is 9.59 Å². The van der Waals surface area contributed by atoms with Crippen molar-refractivity contribution >= 4 is 12.1 Å². The molecule has 0 aliphatic carbocycles. The Bertz CT molecular complexity index is 478. The van der Waals surface area contributed by atoms with Crippen molar-refractivity contribution in [1.82, 2.24) is 5.32 Å². The second kappa shape index (κ2) is 8.59. The van der Waals surface area contributed by atoms with Gasteiger partial charge in [-0.15, -0.1) is 12.3 Å². The molecule has 1 aromatic carbocycles. The highest BCUT2D eigenvalue weighted by Crippen LogP contribution is 2.04. The first-order valence-electron chi connectivity index (χ1n) is 6.24. The van der Waals surface area contributed by atoms with E-state index in [1.165, 1.54) is 0 Å². The van der Waals surface area contributed by atoms with Crippen LogP contribution in [0.5, 0.6) is 0 Å². The molecule has 5 nitrogen and oxygen atoms in total. The van der Waals surface area contributed by atoms with Gasteiger partial charge in [-0.25, -0.2) is 4.79 Å². The molecule has 0 radical (unpaired) electrons. The molecule has 0 aromatic heterocycles. The monoisotopic (exact) mass is 275 g/mol. The van der Waals surface area contributed by atoms with Gasteiger partial charge < -0.3 is 15.2 Å². The maximum absolute atomic E-state index is 11.6. The SMILES string of the molecule is C#CC[C@H](CCC(=O)O)NC(=O)OCc1ccccc1. The van der Waals surface area contributed by atoms with Crippen molar-refractivity contribution in [3.63, 3.8) is 0 Å². The van der Waals surface area contributed by atoms with Gasteiger partial charge in [-0.3, -0.25) is 4.79 Å². The molecule has 0 aliphatic rings. The second-order valence-corrected chi connectivity index (χ2v) is 4.24. The van der Waals surface area contributed by atoms with Gasteiger partial charge in [0.2, 0.25) is 0 Å². The summed E-state index contributed by atoms with van der Waals surface area (Å²) >= 11 is 0. The summed E-state index contributed by atoms with van der Waals surface area (Å²) < 4.78 is 5.05. The number of aliphatic carboxylic acids is 1. The normalized spacial score (nSPS) is 11.2. The van der Waals surface area contributed by atoms with Crippen LogP contribution in [0.25, 0.3) is 0 Å². The van der Waals surface area contributed by atoms with Crippen molar-refractivity contribution in [1.29, 1.82) is 0 Å². The predicted molar refractivity (Wildman–Crippen MR) is 73.9 cm³/mol. The number of ether oxygens (including phenoxy) is 1. The molecule has 5 heteroatoms. The number of carboxylic acid groups (broad SMARTS) is 1. The Labute approximate surface area is 117 Å². The van der Waals surface area contributed by atoms with E-state index in [1.54, 1.807) is 0 Å². The number of alkyl carbamates (subject to hydrolysis) is 1. The number of nitrogens with one attached hydrogen (secondary N) is 1. The third-order valence-corrected chi connectivity index (χ3v) is 2.61. The summed E-state index contributed by atoms with van der Waals surface area (Å²) in [7, 11) is 0. The summed E-state index contributed by atoms with van der Waals surface area (Å²) in [5, 5.41) is 11.2. The molecule has 0 heterocycles. The molecule has 106 valence electrons. The van der Waals surface area contributed by atoms with Crippen LogP contribution in [0.15, 0.2) is 30.3 Å². The number of carbonyl (C=O) groups is 2. The molecule has 20 heavy (non-hydrogen) atoms. The summed E-state index contributed by atoms with van der Waals surface area (Å²) in [4.78, 5) is 22.1. The van der Waals surface area contributed by atoms with Crippen molar-refractivity contribution in [2.24, 2.45) is 0 Å². The summed E-state index contributed by atoms with van der Waals surface area (Å²) in [5.41, 5.74) is 0.877. The van der Waals surface area contributed by atoms with Crippen LogP contribution in [0.1, 0.15) is 24.8 Å². The first-order valence-corrected chi connectivity index (χ1v) is 6.24. The van der Waals surface area contributed by atoms with E-state index in [0.29, 0.717) is 0 Å². The Kier molecular flexibility index (Phi) is 6.69. The van der Waals surface area contributed by atoms with Gasteiger partial charge >= 0.3 is 12.1 Å². The smallest absolute Gasteiger partial charge is 0.407 e. The minimum Gasteiger partial charge on any atom is -0.481 e. The minimum absolute atomic E-state index is 0.0503. The van der Waals surface area contributed by atoms with E-state index >= 15 is 0 Å². The molecule has 1 atom stereocenters.